The second-order valence-electron chi connectivity index (χ2n) is 2.87. The van der Waals surface area contributed by atoms with Crippen molar-refractivity contribution in [2.24, 2.45) is 0 Å². The summed E-state index contributed by atoms with van der Waals surface area (Å²) >= 11 is 5.41. The lowest BCUT2D eigenvalue weighted by atomic mass is 10.1. The summed E-state index contributed by atoms with van der Waals surface area (Å²) in [6.07, 6.45) is -7.97. The first-order valence-corrected chi connectivity index (χ1v) is 4.30. The van der Waals surface area contributed by atoms with Gasteiger partial charge in [-0.2, -0.15) is 13.2 Å². The van der Waals surface area contributed by atoms with Gasteiger partial charge in [0.2, 0.25) is 0 Å². The summed E-state index contributed by atoms with van der Waals surface area (Å²) in [5.41, 5.74) is -1.81. The molecule has 88 valence electrons. The van der Waals surface area contributed by atoms with Crippen LogP contribution in [0.25, 0.3) is 0 Å². The Labute approximate surface area is 92.4 Å². The molecule has 0 amide bonds. The summed E-state index contributed by atoms with van der Waals surface area (Å²) < 4.78 is 36.7. The molecule has 0 heterocycles. The van der Waals surface area contributed by atoms with Gasteiger partial charge in [-0.25, -0.2) is 0 Å². The minimum Gasteiger partial charge on any atom is -0.379 e. The van der Waals surface area contributed by atoms with E-state index in [-0.39, 0.29) is 0 Å². The van der Waals surface area contributed by atoms with E-state index in [0.717, 1.165) is 18.2 Å². The zero-order valence-corrected chi connectivity index (χ0v) is 8.29. The van der Waals surface area contributed by atoms with Crippen molar-refractivity contribution in [2.45, 2.75) is 12.3 Å². The Bertz CT molecular complexity index is 421. The molecule has 0 radical (unpaired) electrons. The molecule has 16 heavy (non-hydrogen) atoms. The maximum atomic E-state index is 12.2. The molecule has 1 aromatic carbocycles. The van der Waals surface area contributed by atoms with Gasteiger partial charge in [0.1, 0.15) is 0 Å². The Hall–Kier alpha value is -1.34. The molecule has 0 saturated carbocycles. The third kappa shape index (κ3) is 2.42. The van der Waals surface area contributed by atoms with Crippen LogP contribution >= 0.6 is 11.6 Å². The standard InChI is InChI=1S/C8H5ClF3NO3/c9-4-2-1-3-5(13(15)16)6(4)7(14)8(10,11)12/h1-3,7,14H/t7-/m0/s1. The molecule has 4 nitrogen and oxygen atoms in total. The molecule has 0 spiro atoms. The first kappa shape index (κ1) is 12.7. The largest absolute Gasteiger partial charge is 0.418 e. The fraction of sp³-hybridized carbons (Fsp3) is 0.250. The normalized spacial score (nSPS) is 13.6. The summed E-state index contributed by atoms with van der Waals surface area (Å²) in [6, 6.07) is 3.02. The van der Waals surface area contributed by atoms with Crippen molar-refractivity contribution in [3.05, 3.63) is 38.9 Å². The Kier molecular flexibility index (Phi) is 3.39. The SMILES string of the molecule is O=[N+]([O-])c1cccc(Cl)c1[C@H](O)C(F)(F)F. The Morgan fingerprint density at radius 2 is 2.00 bits per heavy atom. The predicted octanol–water partition coefficient (Wildman–Crippen LogP) is 2.84. The molecule has 0 saturated heterocycles. The number of nitrogens with zero attached hydrogens (tertiary/aromatic N) is 1. The number of aliphatic hydroxyl groups excluding tert-OH is 1. The minimum absolute atomic E-state index is 0.501. The highest BCUT2D eigenvalue weighted by atomic mass is 35.5. The van der Waals surface area contributed by atoms with Gasteiger partial charge in [0.25, 0.3) is 5.69 Å². The lowest BCUT2D eigenvalue weighted by molar-refractivity contribution is -0.387. The van der Waals surface area contributed by atoms with Crippen molar-refractivity contribution in [2.75, 3.05) is 0 Å². The van der Waals surface area contributed by atoms with E-state index in [9.17, 15) is 23.3 Å². The first-order valence-electron chi connectivity index (χ1n) is 3.92. The molecule has 0 aliphatic heterocycles. The number of aliphatic hydroxyl groups is 1. The highest BCUT2D eigenvalue weighted by Gasteiger charge is 2.43. The van der Waals surface area contributed by atoms with Crippen LogP contribution in [-0.2, 0) is 0 Å². The van der Waals surface area contributed by atoms with E-state index in [4.69, 9.17) is 16.7 Å². The number of hydrogen-bond donors (Lipinski definition) is 1. The monoisotopic (exact) mass is 255 g/mol. The third-order valence-electron chi connectivity index (χ3n) is 1.81. The van der Waals surface area contributed by atoms with Crippen LogP contribution in [0.1, 0.15) is 11.7 Å². The molecule has 0 aromatic heterocycles. The van der Waals surface area contributed by atoms with Gasteiger partial charge in [-0.15, -0.1) is 0 Å². The summed E-state index contributed by atoms with van der Waals surface area (Å²) in [5.74, 6) is 0. The number of alkyl halides is 3. The Balaban J connectivity index is 3.36. The molecule has 0 fully saturated rings. The van der Waals surface area contributed by atoms with E-state index in [1.54, 1.807) is 0 Å². The minimum atomic E-state index is -5.00. The third-order valence-corrected chi connectivity index (χ3v) is 2.14. The highest BCUT2D eigenvalue weighted by molar-refractivity contribution is 6.31. The number of nitro groups is 1. The summed E-state index contributed by atoms with van der Waals surface area (Å²) in [7, 11) is 0. The van der Waals surface area contributed by atoms with Crippen LogP contribution in [0.5, 0.6) is 0 Å². The highest BCUT2D eigenvalue weighted by Crippen LogP contribution is 2.40. The van der Waals surface area contributed by atoms with E-state index in [1.165, 1.54) is 0 Å². The van der Waals surface area contributed by atoms with E-state index >= 15 is 0 Å². The van der Waals surface area contributed by atoms with Gasteiger partial charge in [0.05, 0.1) is 15.5 Å². The molecular formula is C8H5ClF3NO3. The molecule has 1 aromatic rings. The molecule has 0 aliphatic rings. The van der Waals surface area contributed by atoms with Crippen LogP contribution in [0.3, 0.4) is 0 Å². The van der Waals surface area contributed by atoms with Gasteiger partial charge in [-0.05, 0) is 6.07 Å². The van der Waals surface area contributed by atoms with Crippen molar-refractivity contribution < 1.29 is 23.2 Å². The van der Waals surface area contributed by atoms with Gasteiger partial charge in [0.15, 0.2) is 6.10 Å². The Morgan fingerprint density at radius 1 is 1.44 bits per heavy atom. The predicted molar refractivity (Wildman–Crippen MR) is 49.1 cm³/mol. The molecule has 8 heteroatoms. The lowest BCUT2D eigenvalue weighted by Crippen LogP contribution is -2.21. The summed E-state index contributed by atoms with van der Waals surface area (Å²) in [4.78, 5) is 9.44. The van der Waals surface area contributed by atoms with Crippen LogP contribution in [-0.4, -0.2) is 16.2 Å². The second-order valence-corrected chi connectivity index (χ2v) is 3.28. The van der Waals surface area contributed by atoms with Crippen molar-refractivity contribution in [3.63, 3.8) is 0 Å². The van der Waals surface area contributed by atoms with Gasteiger partial charge >= 0.3 is 6.18 Å². The fourth-order valence-electron chi connectivity index (χ4n) is 1.12. The molecular weight excluding hydrogens is 251 g/mol. The Morgan fingerprint density at radius 3 is 2.44 bits per heavy atom. The van der Waals surface area contributed by atoms with E-state index < -0.39 is 33.5 Å². The summed E-state index contributed by atoms with van der Waals surface area (Å²) in [5, 5.41) is 18.9. The fourth-order valence-corrected chi connectivity index (χ4v) is 1.39. The van der Waals surface area contributed by atoms with Crippen LogP contribution < -0.4 is 0 Å². The molecule has 1 rings (SSSR count). The topological polar surface area (TPSA) is 63.4 Å². The maximum absolute atomic E-state index is 12.2. The van der Waals surface area contributed by atoms with Gasteiger partial charge in [0, 0.05) is 6.07 Å². The first-order chi connectivity index (χ1) is 7.25. The van der Waals surface area contributed by atoms with Crippen molar-refractivity contribution in [3.8, 4) is 0 Å². The van der Waals surface area contributed by atoms with Crippen LogP contribution in [0.2, 0.25) is 5.02 Å². The van der Waals surface area contributed by atoms with Crippen LogP contribution in [0.4, 0.5) is 18.9 Å². The van der Waals surface area contributed by atoms with Crippen molar-refractivity contribution in [1.82, 2.24) is 0 Å². The van der Waals surface area contributed by atoms with E-state index in [2.05, 4.69) is 0 Å². The number of hydrogen-bond acceptors (Lipinski definition) is 3. The zero-order valence-electron chi connectivity index (χ0n) is 7.53. The van der Waals surface area contributed by atoms with Crippen molar-refractivity contribution in [1.29, 1.82) is 0 Å². The number of nitro benzene ring substituents is 1. The van der Waals surface area contributed by atoms with Gasteiger partial charge < -0.3 is 5.11 Å². The average Bonchev–Trinajstić information content (AvgIpc) is 2.14. The lowest BCUT2D eigenvalue weighted by Gasteiger charge is -2.15. The molecule has 0 bridgehead atoms. The molecule has 0 aliphatic carbocycles. The van der Waals surface area contributed by atoms with Crippen LogP contribution in [0, 0.1) is 10.1 Å². The molecule has 1 N–H and O–H groups in total. The average molecular weight is 256 g/mol. The van der Waals surface area contributed by atoms with Gasteiger partial charge in [-0.3, -0.25) is 10.1 Å². The van der Waals surface area contributed by atoms with E-state index in [1.807, 2.05) is 0 Å². The second kappa shape index (κ2) is 4.26. The van der Waals surface area contributed by atoms with E-state index in [0.29, 0.717) is 0 Å². The number of halogens is 4. The quantitative estimate of drug-likeness (QED) is 0.653. The summed E-state index contributed by atoms with van der Waals surface area (Å²) in [6.45, 7) is 0. The zero-order chi connectivity index (χ0) is 12.5. The van der Waals surface area contributed by atoms with Crippen molar-refractivity contribution >= 4 is 17.3 Å². The maximum Gasteiger partial charge on any atom is 0.418 e. The number of benzene rings is 1. The molecule has 0 unspecified atom stereocenters. The van der Waals surface area contributed by atoms with Gasteiger partial charge in [-0.1, -0.05) is 17.7 Å². The smallest absolute Gasteiger partial charge is 0.379 e. The molecule has 1 atom stereocenters. The number of rotatable bonds is 2. The van der Waals surface area contributed by atoms with Crippen LogP contribution in [0.15, 0.2) is 18.2 Å².